The third kappa shape index (κ3) is 3.94. The molecule has 2 unspecified atom stereocenters. The van der Waals surface area contributed by atoms with Crippen molar-refractivity contribution in [2.75, 3.05) is 33.3 Å². The van der Waals surface area contributed by atoms with Crippen molar-refractivity contribution in [1.82, 2.24) is 10.2 Å². The van der Waals surface area contributed by atoms with E-state index in [0.29, 0.717) is 12.1 Å². The summed E-state index contributed by atoms with van der Waals surface area (Å²) in [5.74, 6) is 0.974. The summed E-state index contributed by atoms with van der Waals surface area (Å²) in [6.45, 7) is 6.86. The molecule has 0 aromatic heterocycles. The van der Waals surface area contributed by atoms with Crippen LogP contribution >= 0.6 is 0 Å². The van der Waals surface area contributed by atoms with Gasteiger partial charge in [0.25, 0.3) is 0 Å². The lowest BCUT2D eigenvalue weighted by Crippen LogP contribution is -2.37. The number of hydrogen-bond donors (Lipinski definition) is 1. The summed E-state index contributed by atoms with van der Waals surface area (Å²) in [7, 11) is 2.26. The number of likely N-dealkylation sites (N-methyl/N-ethyl adjacent to an activating group) is 1. The van der Waals surface area contributed by atoms with Gasteiger partial charge in [-0.05, 0) is 71.6 Å². The summed E-state index contributed by atoms with van der Waals surface area (Å²) in [5.41, 5.74) is 0. The van der Waals surface area contributed by atoms with Crippen LogP contribution in [0.25, 0.3) is 0 Å². The van der Waals surface area contributed by atoms with Gasteiger partial charge in [-0.25, -0.2) is 0 Å². The second kappa shape index (κ2) is 6.72. The number of nitrogens with zero attached hydrogens (tertiary/aromatic N) is 1. The van der Waals surface area contributed by atoms with E-state index in [2.05, 4.69) is 24.2 Å². The van der Waals surface area contributed by atoms with E-state index in [1.165, 1.54) is 51.7 Å². The monoisotopic (exact) mass is 240 g/mol. The van der Waals surface area contributed by atoms with Gasteiger partial charge >= 0.3 is 0 Å². The maximum Gasteiger partial charge on any atom is 0.0702 e. The van der Waals surface area contributed by atoms with Crippen molar-refractivity contribution in [2.24, 2.45) is 5.92 Å². The van der Waals surface area contributed by atoms with Gasteiger partial charge in [-0.3, -0.25) is 0 Å². The molecule has 2 aliphatic heterocycles. The quantitative estimate of drug-likeness (QED) is 0.794. The molecule has 0 spiro atoms. The van der Waals surface area contributed by atoms with E-state index in [4.69, 9.17) is 4.74 Å². The van der Waals surface area contributed by atoms with Gasteiger partial charge in [0.1, 0.15) is 0 Å². The topological polar surface area (TPSA) is 24.5 Å². The van der Waals surface area contributed by atoms with Crippen molar-refractivity contribution >= 4 is 0 Å². The second-order valence-electron chi connectivity index (χ2n) is 5.75. The van der Waals surface area contributed by atoms with Crippen molar-refractivity contribution in [2.45, 2.75) is 51.2 Å². The molecule has 2 saturated heterocycles. The van der Waals surface area contributed by atoms with Crippen LogP contribution in [-0.4, -0.2) is 50.3 Å². The smallest absolute Gasteiger partial charge is 0.0702 e. The Morgan fingerprint density at radius 2 is 2.00 bits per heavy atom. The summed E-state index contributed by atoms with van der Waals surface area (Å²) in [6.07, 6.45) is 7.17. The molecule has 3 heteroatoms. The third-order valence-electron chi connectivity index (χ3n) is 4.48. The lowest BCUT2D eigenvalue weighted by atomic mass is 9.93. The largest absolute Gasteiger partial charge is 0.377 e. The highest BCUT2D eigenvalue weighted by atomic mass is 16.5. The molecule has 0 amide bonds. The fourth-order valence-corrected chi connectivity index (χ4v) is 3.26. The van der Waals surface area contributed by atoms with E-state index in [1.54, 1.807) is 0 Å². The highest BCUT2D eigenvalue weighted by molar-refractivity contribution is 4.80. The van der Waals surface area contributed by atoms with Gasteiger partial charge in [-0.15, -0.1) is 0 Å². The fraction of sp³-hybridized carbons (Fsp3) is 1.00. The number of piperidine rings is 1. The van der Waals surface area contributed by atoms with Crippen molar-refractivity contribution < 1.29 is 4.74 Å². The van der Waals surface area contributed by atoms with E-state index in [0.717, 1.165) is 12.5 Å². The van der Waals surface area contributed by atoms with Crippen LogP contribution in [0.3, 0.4) is 0 Å². The summed E-state index contributed by atoms with van der Waals surface area (Å²) in [6, 6.07) is 0.656. The molecule has 0 saturated carbocycles. The zero-order chi connectivity index (χ0) is 12.1. The normalized spacial score (nSPS) is 31.2. The molecule has 3 nitrogen and oxygen atoms in total. The molecule has 0 aliphatic carbocycles. The second-order valence-corrected chi connectivity index (χ2v) is 5.75. The molecule has 2 fully saturated rings. The predicted octanol–water partition coefficient (Wildman–Crippen LogP) is 1.88. The molecular formula is C14H28N2O. The molecule has 2 heterocycles. The molecular weight excluding hydrogens is 212 g/mol. The molecule has 1 N–H and O–H groups in total. The van der Waals surface area contributed by atoms with Crippen molar-refractivity contribution in [1.29, 1.82) is 0 Å². The maximum atomic E-state index is 5.63. The van der Waals surface area contributed by atoms with Gasteiger partial charge < -0.3 is 15.0 Å². The number of rotatable bonds is 5. The average molecular weight is 240 g/mol. The van der Waals surface area contributed by atoms with Crippen LogP contribution in [0.2, 0.25) is 0 Å². The van der Waals surface area contributed by atoms with Gasteiger partial charge in [-0.2, -0.15) is 0 Å². The molecule has 2 aliphatic rings. The Labute approximate surface area is 106 Å². The maximum absolute atomic E-state index is 5.63. The number of hydrogen-bond acceptors (Lipinski definition) is 3. The van der Waals surface area contributed by atoms with Crippen LogP contribution in [0.5, 0.6) is 0 Å². The molecule has 2 atom stereocenters. The highest BCUT2D eigenvalue weighted by Gasteiger charge is 2.27. The summed E-state index contributed by atoms with van der Waals surface area (Å²) < 4.78 is 5.63. The highest BCUT2D eigenvalue weighted by Crippen LogP contribution is 2.21. The van der Waals surface area contributed by atoms with Crippen molar-refractivity contribution in [3.8, 4) is 0 Å². The van der Waals surface area contributed by atoms with E-state index in [-0.39, 0.29) is 0 Å². The predicted molar refractivity (Wildman–Crippen MR) is 71.3 cm³/mol. The Bertz CT molecular complexity index is 216. The van der Waals surface area contributed by atoms with Crippen molar-refractivity contribution in [3.63, 3.8) is 0 Å². The lowest BCUT2D eigenvalue weighted by molar-refractivity contribution is 0.0825. The Kier molecular flexibility index (Phi) is 5.26. The minimum Gasteiger partial charge on any atom is -0.377 e. The molecule has 17 heavy (non-hydrogen) atoms. The molecule has 0 aromatic rings. The molecule has 100 valence electrons. The minimum absolute atomic E-state index is 0.430. The van der Waals surface area contributed by atoms with Crippen LogP contribution in [0.4, 0.5) is 0 Å². The molecule has 0 aromatic carbocycles. The third-order valence-corrected chi connectivity index (χ3v) is 4.48. The van der Waals surface area contributed by atoms with E-state index in [9.17, 15) is 0 Å². The van der Waals surface area contributed by atoms with E-state index < -0.39 is 0 Å². The first-order valence-corrected chi connectivity index (χ1v) is 7.30. The Morgan fingerprint density at radius 1 is 1.24 bits per heavy atom. The van der Waals surface area contributed by atoms with E-state index >= 15 is 0 Å². The Hall–Kier alpha value is -0.120. The van der Waals surface area contributed by atoms with E-state index in [1.807, 2.05) is 0 Å². The van der Waals surface area contributed by atoms with Crippen molar-refractivity contribution in [3.05, 3.63) is 0 Å². The SMILES string of the molecule is CC1OCCC1N(C)CCCC1CCNCC1. The molecule has 0 bridgehead atoms. The zero-order valence-corrected chi connectivity index (χ0v) is 11.5. The summed E-state index contributed by atoms with van der Waals surface area (Å²) >= 11 is 0. The summed E-state index contributed by atoms with van der Waals surface area (Å²) in [5, 5.41) is 3.44. The molecule has 0 radical (unpaired) electrons. The van der Waals surface area contributed by atoms with Gasteiger partial charge in [0.15, 0.2) is 0 Å². The van der Waals surface area contributed by atoms with Gasteiger partial charge in [-0.1, -0.05) is 0 Å². The summed E-state index contributed by atoms with van der Waals surface area (Å²) in [4.78, 5) is 2.51. The average Bonchev–Trinajstić information content (AvgIpc) is 2.77. The van der Waals surface area contributed by atoms with Crippen LogP contribution in [-0.2, 0) is 4.74 Å². The zero-order valence-electron chi connectivity index (χ0n) is 11.5. The molecule has 2 rings (SSSR count). The fourth-order valence-electron chi connectivity index (χ4n) is 3.26. The van der Waals surface area contributed by atoms with Crippen LogP contribution in [0, 0.1) is 5.92 Å². The number of ether oxygens (including phenoxy) is 1. The number of nitrogens with one attached hydrogen (secondary N) is 1. The lowest BCUT2D eigenvalue weighted by Gasteiger charge is -2.28. The van der Waals surface area contributed by atoms with Gasteiger partial charge in [0, 0.05) is 12.6 Å². The Morgan fingerprint density at radius 3 is 2.65 bits per heavy atom. The first-order chi connectivity index (χ1) is 8.27. The van der Waals surface area contributed by atoms with Gasteiger partial charge in [0.05, 0.1) is 6.10 Å². The van der Waals surface area contributed by atoms with Crippen LogP contribution in [0.1, 0.15) is 39.0 Å². The Balaban J connectivity index is 1.60. The van der Waals surface area contributed by atoms with Crippen LogP contribution < -0.4 is 5.32 Å². The standard InChI is InChI=1S/C14H28N2O/c1-12-14(7-11-17-12)16(2)10-3-4-13-5-8-15-9-6-13/h12-15H,3-11H2,1-2H3. The first-order valence-electron chi connectivity index (χ1n) is 7.30. The van der Waals surface area contributed by atoms with Crippen LogP contribution in [0.15, 0.2) is 0 Å². The first kappa shape index (κ1) is 13.3. The minimum atomic E-state index is 0.430. The van der Waals surface area contributed by atoms with Gasteiger partial charge in [0.2, 0.25) is 0 Å².